The zero-order chi connectivity index (χ0) is 17.6. The molecule has 1 N–H and O–H groups in total. The van der Waals surface area contributed by atoms with Gasteiger partial charge in [-0.1, -0.05) is 13.8 Å². The summed E-state index contributed by atoms with van der Waals surface area (Å²) in [6.07, 6.45) is 5.97. The number of nitrogens with zero attached hydrogens (tertiary/aromatic N) is 4. The van der Waals surface area contributed by atoms with Crippen LogP contribution >= 0.6 is 0 Å². The third-order valence-corrected chi connectivity index (χ3v) is 4.97. The van der Waals surface area contributed by atoms with E-state index in [4.69, 9.17) is 4.74 Å². The molecule has 2 fully saturated rings. The van der Waals surface area contributed by atoms with E-state index in [0.29, 0.717) is 18.5 Å². The second-order valence-corrected chi connectivity index (χ2v) is 7.45. The number of nitrogens with one attached hydrogen (secondary N) is 1. The van der Waals surface area contributed by atoms with E-state index in [0.717, 1.165) is 64.6 Å². The Morgan fingerprint density at radius 3 is 2.92 bits per heavy atom. The summed E-state index contributed by atoms with van der Waals surface area (Å²) in [5, 5.41) is 3.07. The van der Waals surface area contributed by atoms with E-state index in [2.05, 4.69) is 33.6 Å². The zero-order valence-electron chi connectivity index (χ0n) is 15.5. The minimum Gasteiger partial charge on any atom is -0.379 e. The van der Waals surface area contributed by atoms with Crippen LogP contribution in [0.3, 0.4) is 0 Å². The van der Waals surface area contributed by atoms with Gasteiger partial charge in [-0.05, 0) is 18.8 Å². The predicted molar refractivity (Wildman–Crippen MR) is 96.3 cm³/mol. The van der Waals surface area contributed by atoms with Gasteiger partial charge in [-0.3, -0.25) is 4.90 Å². The normalized spacial score (nSPS) is 21.9. The molecule has 0 spiro atoms. The van der Waals surface area contributed by atoms with Crippen molar-refractivity contribution >= 4 is 6.03 Å². The lowest BCUT2D eigenvalue weighted by molar-refractivity contribution is 0.0292. The Kier molecular flexibility index (Phi) is 6.31. The Labute approximate surface area is 150 Å². The van der Waals surface area contributed by atoms with Crippen LogP contribution < -0.4 is 5.32 Å². The van der Waals surface area contributed by atoms with Crippen molar-refractivity contribution < 1.29 is 9.53 Å². The first-order chi connectivity index (χ1) is 12.1. The number of rotatable bonds is 6. The topological polar surface area (TPSA) is 62.6 Å². The Morgan fingerprint density at radius 2 is 2.16 bits per heavy atom. The number of hydrogen-bond acceptors (Lipinski definition) is 4. The summed E-state index contributed by atoms with van der Waals surface area (Å²) in [5.41, 5.74) is 0. The summed E-state index contributed by atoms with van der Waals surface area (Å²) < 4.78 is 7.54. The Morgan fingerprint density at radius 1 is 1.36 bits per heavy atom. The van der Waals surface area contributed by atoms with Crippen molar-refractivity contribution in [2.75, 3.05) is 39.4 Å². The number of hydrogen-bond donors (Lipinski definition) is 1. The molecule has 2 aliphatic heterocycles. The molecule has 0 radical (unpaired) electrons. The summed E-state index contributed by atoms with van der Waals surface area (Å²) in [6, 6.07) is 0.350. The van der Waals surface area contributed by atoms with Crippen LogP contribution in [0.4, 0.5) is 4.79 Å². The Bertz CT molecular complexity index is 553. The molecule has 3 rings (SSSR count). The first kappa shape index (κ1) is 18.2. The molecule has 7 nitrogen and oxygen atoms in total. The van der Waals surface area contributed by atoms with Crippen molar-refractivity contribution in [2.24, 2.45) is 5.92 Å². The molecule has 1 atom stereocenters. The highest BCUT2D eigenvalue weighted by Crippen LogP contribution is 2.19. The SMILES string of the molecule is CC(C)Cn1ccnc1CNC(=O)N1CCC[C@@H]1CN1CCOCC1. The highest BCUT2D eigenvalue weighted by molar-refractivity contribution is 5.74. The van der Waals surface area contributed by atoms with Crippen LogP contribution in [0.2, 0.25) is 0 Å². The Hall–Kier alpha value is -1.60. The highest BCUT2D eigenvalue weighted by Gasteiger charge is 2.30. The number of likely N-dealkylation sites (tertiary alicyclic amines) is 1. The van der Waals surface area contributed by atoms with Crippen LogP contribution in [0, 0.1) is 5.92 Å². The van der Waals surface area contributed by atoms with E-state index in [-0.39, 0.29) is 6.03 Å². The molecule has 0 saturated carbocycles. The van der Waals surface area contributed by atoms with Gasteiger partial charge < -0.3 is 19.5 Å². The van der Waals surface area contributed by atoms with Gasteiger partial charge in [-0.2, -0.15) is 0 Å². The average Bonchev–Trinajstić information content (AvgIpc) is 3.22. The molecular formula is C18H31N5O2. The quantitative estimate of drug-likeness (QED) is 0.846. The van der Waals surface area contributed by atoms with E-state index < -0.39 is 0 Å². The van der Waals surface area contributed by atoms with Gasteiger partial charge >= 0.3 is 6.03 Å². The lowest BCUT2D eigenvalue weighted by Gasteiger charge is -2.32. The summed E-state index contributed by atoms with van der Waals surface area (Å²) in [7, 11) is 0. The number of aromatic nitrogens is 2. The molecule has 1 aromatic rings. The number of imidazole rings is 1. The number of morpholine rings is 1. The van der Waals surface area contributed by atoms with Gasteiger partial charge in [0.05, 0.1) is 19.8 Å². The van der Waals surface area contributed by atoms with Gasteiger partial charge in [0.2, 0.25) is 0 Å². The number of carbonyl (C=O) groups is 1. The van der Waals surface area contributed by atoms with E-state index in [1.807, 2.05) is 11.1 Å². The van der Waals surface area contributed by atoms with Crippen molar-refractivity contribution in [1.29, 1.82) is 0 Å². The first-order valence-electron chi connectivity index (χ1n) is 9.48. The molecule has 2 saturated heterocycles. The van der Waals surface area contributed by atoms with E-state index in [1.165, 1.54) is 0 Å². The predicted octanol–water partition coefficient (Wildman–Crippen LogP) is 1.55. The van der Waals surface area contributed by atoms with Gasteiger partial charge in [0, 0.05) is 51.2 Å². The number of urea groups is 1. The average molecular weight is 349 g/mol. The fourth-order valence-electron chi connectivity index (χ4n) is 3.70. The van der Waals surface area contributed by atoms with Gasteiger partial charge in [0.1, 0.15) is 5.82 Å². The lowest BCUT2D eigenvalue weighted by Crippen LogP contribution is -2.49. The second kappa shape index (κ2) is 8.67. The van der Waals surface area contributed by atoms with E-state index in [1.54, 1.807) is 6.20 Å². The van der Waals surface area contributed by atoms with Crippen molar-refractivity contribution in [3.05, 3.63) is 18.2 Å². The van der Waals surface area contributed by atoms with Crippen molar-refractivity contribution in [1.82, 2.24) is 24.7 Å². The van der Waals surface area contributed by atoms with Gasteiger partial charge in [0.25, 0.3) is 0 Å². The van der Waals surface area contributed by atoms with Crippen LogP contribution in [-0.4, -0.2) is 70.8 Å². The highest BCUT2D eigenvalue weighted by atomic mass is 16.5. The van der Waals surface area contributed by atoms with Gasteiger partial charge in [-0.25, -0.2) is 9.78 Å². The van der Waals surface area contributed by atoms with Crippen LogP contribution in [0.5, 0.6) is 0 Å². The minimum absolute atomic E-state index is 0.0369. The molecule has 25 heavy (non-hydrogen) atoms. The third-order valence-electron chi connectivity index (χ3n) is 4.97. The van der Waals surface area contributed by atoms with Crippen LogP contribution in [0.25, 0.3) is 0 Å². The third kappa shape index (κ3) is 4.95. The molecule has 2 aliphatic rings. The van der Waals surface area contributed by atoms with Crippen molar-refractivity contribution in [3.8, 4) is 0 Å². The molecular weight excluding hydrogens is 318 g/mol. The first-order valence-corrected chi connectivity index (χ1v) is 9.48. The second-order valence-electron chi connectivity index (χ2n) is 7.45. The summed E-state index contributed by atoms with van der Waals surface area (Å²) in [4.78, 5) is 21.5. The summed E-state index contributed by atoms with van der Waals surface area (Å²) >= 11 is 0. The Balaban J connectivity index is 1.50. The van der Waals surface area contributed by atoms with Crippen molar-refractivity contribution in [2.45, 2.75) is 45.8 Å². The number of amides is 2. The van der Waals surface area contributed by atoms with Crippen LogP contribution in [0.1, 0.15) is 32.5 Å². The molecule has 0 unspecified atom stereocenters. The molecule has 0 aliphatic carbocycles. The maximum absolute atomic E-state index is 12.7. The van der Waals surface area contributed by atoms with Crippen LogP contribution in [0.15, 0.2) is 12.4 Å². The molecule has 0 bridgehead atoms. The molecule has 3 heterocycles. The fraction of sp³-hybridized carbons (Fsp3) is 0.778. The molecule has 140 valence electrons. The maximum Gasteiger partial charge on any atom is 0.318 e. The molecule has 0 aromatic carbocycles. The van der Waals surface area contributed by atoms with E-state index in [9.17, 15) is 4.79 Å². The number of ether oxygens (including phenoxy) is 1. The summed E-state index contributed by atoms with van der Waals surface area (Å²) in [6.45, 7) is 11.1. The van der Waals surface area contributed by atoms with Gasteiger partial charge in [-0.15, -0.1) is 0 Å². The minimum atomic E-state index is 0.0369. The van der Waals surface area contributed by atoms with Gasteiger partial charge in [0.15, 0.2) is 0 Å². The smallest absolute Gasteiger partial charge is 0.318 e. The van der Waals surface area contributed by atoms with E-state index >= 15 is 0 Å². The monoisotopic (exact) mass is 349 g/mol. The lowest BCUT2D eigenvalue weighted by atomic mass is 10.2. The largest absolute Gasteiger partial charge is 0.379 e. The zero-order valence-corrected chi connectivity index (χ0v) is 15.5. The molecule has 7 heteroatoms. The summed E-state index contributed by atoms with van der Waals surface area (Å²) in [5.74, 6) is 1.48. The number of carbonyl (C=O) groups excluding carboxylic acids is 1. The molecule has 1 aromatic heterocycles. The van der Waals surface area contributed by atoms with Crippen molar-refractivity contribution in [3.63, 3.8) is 0 Å². The fourth-order valence-corrected chi connectivity index (χ4v) is 3.70. The standard InChI is InChI=1S/C18H31N5O2/c1-15(2)13-22-7-5-19-17(22)12-20-18(24)23-6-3-4-16(23)14-21-8-10-25-11-9-21/h5,7,15-16H,3-4,6,8-14H2,1-2H3,(H,20,24)/t16-/m1/s1. The molecule has 2 amide bonds. The maximum atomic E-state index is 12.7. The van der Waals surface area contributed by atoms with Crippen LogP contribution in [-0.2, 0) is 17.8 Å².